The van der Waals surface area contributed by atoms with Gasteiger partial charge in [-0.25, -0.2) is 19.9 Å². The fourth-order valence-corrected chi connectivity index (χ4v) is 7.40. The van der Waals surface area contributed by atoms with Gasteiger partial charge in [0.1, 0.15) is 28.2 Å². The molecule has 0 aliphatic rings. The van der Waals surface area contributed by atoms with Crippen LogP contribution in [-0.4, -0.2) is 88.5 Å². The number of aromatic nitrogens is 9. The van der Waals surface area contributed by atoms with Crippen molar-refractivity contribution in [2.75, 3.05) is 32.2 Å². The molecule has 90 heavy (non-hydrogen) atoms. The van der Waals surface area contributed by atoms with Crippen LogP contribution in [0.3, 0.4) is 0 Å². The standard InChI is InChI=1S/C17H12F6N4O2.C16H8ClF6N3O2.C16H9F6N3O3.Cl3OP/c1-24-11-6-7-27-14(28)12(13(17(21,22)23)26-15(27)25-11)9-2-4-10(5-3-9)29-8-16(18,19)20;17-10-5-6-26-13(27)11(12(16(21,22)23)25-14(26)24-10)8-1-3-9(4-2-8)28-7-15(18,19)20;17-15(18,19)7-28-9-3-1-8(2-4-9)11-12(16(20,21)22)24-14-23-10(26)5-6-25(14)13(11)27;1-5(2,3)4/h2-7H,8H2,1H3,(H,24,25,26);1-6H,7H2;1-6H,7H2,(H,23,24,26);. The Bertz CT molecular complexity index is 4340. The molecule has 0 aliphatic carbocycles. The number of hydrogen-bond acceptors (Lipinski definition) is 14. The molecule has 482 valence electrons. The Balaban J connectivity index is 0.000000207. The molecule has 9 aromatic rings. The Morgan fingerprint density at radius 2 is 0.767 bits per heavy atom. The van der Waals surface area contributed by atoms with Crippen LogP contribution >= 0.6 is 50.5 Å². The van der Waals surface area contributed by atoms with Crippen LogP contribution in [0.2, 0.25) is 5.15 Å². The van der Waals surface area contributed by atoms with Crippen LogP contribution < -0.4 is 41.8 Å². The summed E-state index contributed by atoms with van der Waals surface area (Å²) in [7, 11) is 1.50. The van der Waals surface area contributed by atoms with Crippen LogP contribution in [0.5, 0.6) is 17.2 Å². The van der Waals surface area contributed by atoms with Gasteiger partial charge in [-0.1, -0.05) is 48.0 Å². The molecule has 6 aromatic heterocycles. The van der Waals surface area contributed by atoms with Crippen molar-refractivity contribution in [3.8, 4) is 50.6 Å². The molecule has 0 amide bonds. The van der Waals surface area contributed by atoms with E-state index in [4.69, 9.17) is 11.6 Å². The molecular weight excluding hydrogens is 1370 g/mol. The highest BCUT2D eigenvalue weighted by atomic mass is 36.0. The highest BCUT2D eigenvalue weighted by Gasteiger charge is 2.41. The molecule has 3 aromatic carbocycles. The molecule has 0 unspecified atom stereocenters. The number of nitrogens with zero attached hydrogens (tertiary/aromatic N) is 8. The fraction of sp³-hybridized carbons (Fsp3) is 0.204. The van der Waals surface area contributed by atoms with Gasteiger partial charge < -0.3 is 19.5 Å². The van der Waals surface area contributed by atoms with E-state index < -0.39 is 135 Å². The van der Waals surface area contributed by atoms with Gasteiger partial charge in [0, 0.05) is 31.7 Å². The molecule has 0 radical (unpaired) electrons. The first kappa shape index (κ1) is 70.7. The third-order valence-electron chi connectivity index (χ3n) is 10.8. The molecule has 0 fully saturated rings. The van der Waals surface area contributed by atoms with E-state index in [9.17, 15) is 103 Å². The van der Waals surface area contributed by atoms with E-state index in [1.807, 2.05) is 4.98 Å². The second-order valence-corrected chi connectivity index (χ2v) is 24.3. The van der Waals surface area contributed by atoms with Crippen LogP contribution in [0.1, 0.15) is 17.1 Å². The summed E-state index contributed by atoms with van der Waals surface area (Å²) in [6.45, 7) is -4.69. The summed E-state index contributed by atoms with van der Waals surface area (Å²) in [6.07, 6.45) is -25.4. The second kappa shape index (κ2) is 27.4. The smallest absolute Gasteiger partial charge is 0.434 e. The average Bonchev–Trinajstić information content (AvgIpc) is 0.797. The predicted molar refractivity (Wildman–Crippen MR) is 286 cm³/mol. The number of nitrogens with one attached hydrogen (secondary N) is 2. The van der Waals surface area contributed by atoms with Crippen LogP contribution in [0.15, 0.2) is 129 Å². The van der Waals surface area contributed by atoms with Gasteiger partial charge in [-0.05, 0) is 98.9 Å². The van der Waals surface area contributed by atoms with Gasteiger partial charge in [0.25, 0.3) is 22.2 Å². The van der Waals surface area contributed by atoms with Crippen molar-refractivity contribution >= 4 is 73.7 Å². The first-order chi connectivity index (χ1) is 41.4. The van der Waals surface area contributed by atoms with Crippen LogP contribution in [0.25, 0.3) is 50.7 Å². The van der Waals surface area contributed by atoms with Crippen LogP contribution in [0, 0.1) is 0 Å². The fourth-order valence-electron chi connectivity index (χ4n) is 7.27. The highest BCUT2D eigenvalue weighted by Crippen LogP contribution is 2.61. The minimum absolute atomic E-state index is 0.154. The number of benzene rings is 3. The minimum atomic E-state index is -5.03. The Hall–Kier alpha value is -8.34. The molecule has 0 aliphatic heterocycles. The monoisotopic (exact) mass is 1400 g/mol. The van der Waals surface area contributed by atoms with E-state index in [2.05, 4.69) is 78.2 Å². The topological polar surface area (TPSA) is 219 Å². The maximum absolute atomic E-state index is 13.6. The van der Waals surface area contributed by atoms with Crippen molar-refractivity contribution < 1.29 is 97.8 Å². The van der Waals surface area contributed by atoms with E-state index in [1.54, 1.807) is 0 Å². The summed E-state index contributed by atoms with van der Waals surface area (Å²) in [4.78, 5) is 68.9. The highest BCUT2D eigenvalue weighted by molar-refractivity contribution is 8.24. The molecule has 0 bridgehead atoms. The molecule has 9 rings (SSSR count). The van der Waals surface area contributed by atoms with Gasteiger partial charge in [-0.2, -0.15) is 84.0 Å². The van der Waals surface area contributed by atoms with Gasteiger partial charge in [0.2, 0.25) is 17.3 Å². The lowest BCUT2D eigenvalue weighted by atomic mass is 10.0. The van der Waals surface area contributed by atoms with E-state index in [-0.39, 0.29) is 44.9 Å². The van der Waals surface area contributed by atoms with Gasteiger partial charge in [0.15, 0.2) is 36.9 Å². The Morgan fingerprint density at radius 1 is 0.456 bits per heavy atom. The SMILES string of the molecule is CNc1ccn2c(=O)c(-c3ccc(OCC(F)(F)F)cc3)c(C(F)(F)F)nc2n1.O=P(Cl)(Cl)Cl.O=c1c(-c2ccc(OCC(F)(F)F)cc2)c(C(F)(F)F)nc2nc(Cl)ccn12.O=c1ccn2c(=O)c(-c3ccc(OCC(F)(F)F)cc3)c(C(F)(F)F)nc2[nH]1. The van der Waals surface area contributed by atoms with Crippen molar-refractivity contribution in [3.05, 3.63) is 173 Å². The first-order valence-corrected chi connectivity index (χ1v) is 28.4. The maximum Gasteiger partial charge on any atom is 0.434 e. The number of hydrogen-bond donors (Lipinski definition) is 2. The lowest BCUT2D eigenvalue weighted by Crippen LogP contribution is -2.26. The summed E-state index contributed by atoms with van der Waals surface area (Å²) in [5.74, 6) is -2.07. The lowest BCUT2D eigenvalue weighted by Gasteiger charge is -2.14. The van der Waals surface area contributed by atoms with Gasteiger partial charge in [-0.15, -0.1) is 0 Å². The number of ether oxygens (including phenoxy) is 3. The van der Waals surface area contributed by atoms with Crippen molar-refractivity contribution in [2.24, 2.45) is 0 Å². The second-order valence-electron chi connectivity index (χ2n) is 17.2. The summed E-state index contributed by atoms with van der Waals surface area (Å²) >= 11 is 19.5. The number of alkyl halides is 18. The predicted octanol–water partition coefficient (Wildman–Crippen LogP) is 13.9. The van der Waals surface area contributed by atoms with Gasteiger partial charge >= 0.3 is 42.3 Å². The van der Waals surface area contributed by atoms with Crippen molar-refractivity contribution in [1.82, 2.24) is 43.1 Å². The molecule has 0 spiro atoms. The zero-order valence-corrected chi connectivity index (χ0v) is 47.5. The normalized spacial score (nSPS) is 12.3. The Labute approximate surface area is 505 Å². The van der Waals surface area contributed by atoms with E-state index in [1.165, 1.54) is 25.4 Å². The number of anilines is 1. The van der Waals surface area contributed by atoms with Crippen LogP contribution in [-0.2, 0) is 23.1 Å². The molecule has 2 N–H and O–H groups in total. The molecule has 0 atom stereocenters. The number of aromatic amines is 1. The quantitative estimate of drug-likeness (QED) is 0.0739. The summed E-state index contributed by atoms with van der Waals surface area (Å²) < 4.78 is 256. The number of H-pyrrole nitrogens is 1. The van der Waals surface area contributed by atoms with Gasteiger partial charge in [0.05, 0.1) is 16.7 Å². The van der Waals surface area contributed by atoms with Crippen molar-refractivity contribution in [1.29, 1.82) is 0 Å². The molecule has 41 heteroatoms. The lowest BCUT2D eigenvalue weighted by molar-refractivity contribution is -0.154. The molecular formula is C49H29Cl4F18N10O8P. The molecule has 0 saturated heterocycles. The summed E-state index contributed by atoms with van der Waals surface area (Å²) in [5.41, 5.74) is -11.4. The summed E-state index contributed by atoms with van der Waals surface area (Å²) in [6, 6.07) is 15.8. The molecule has 0 saturated carbocycles. The maximum atomic E-state index is 13.6. The van der Waals surface area contributed by atoms with Crippen molar-refractivity contribution in [2.45, 2.75) is 37.1 Å². The number of fused-ring (bicyclic) bond motifs is 3. The Kier molecular flexibility index (Phi) is 21.5. The summed E-state index contributed by atoms with van der Waals surface area (Å²) in [5, 5.41) is -0.746. The number of rotatable bonds is 10. The third kappa shape index (κ3) is 19.6. The molecule has 18 nitrogen and oxygen atoms in total. The first-order valence-electron chi connectivity index (χ1n) is 23.6. The number of halogens is 22. The van der Waals surface area contributed by atoms with E-state index in [0.717, 1.165) is 104 Å². The van der Waals surface area contributed by atoms with Crippen LogP contribution in [0.4, 0.5) is 84.8 Å². The van der Waals surface area contributed by atoms with Gasteiger partial charge in [-0.3, -0.25) is 41.9 Å². The van der Waals surface area contributed by atoms with E-state index in [0.29, 0.717) is 0 Å². The molecule has 6 heterocycles. The minimum Gasteiger partial charge on any atom is -0.484 e. The largest absolute Gasteiger partial charge is 0.484 e. The Morgan fingerprint density at radius 3 is 1.10 bits per heavy atom. The zero-order valence-electron chi connectivity index (χ0n) is 43.6. The van der Waals surface area contributed by atoms with Crippen molar-refractivity contribution in [3.63, 3.8) is 0 Å². The zero-order chi connectivity index (χ0) is 67.3. The third-order valence-corrected chi connectivity index (χ3v) is 11.0. The van der Waals surface area contributed by atoms with E-state index >= 15 is 0 Å². The average molecular weight is 1400 g/mol.